The van der Waals surface area contributed by atoms with Crippen molar-refractivity contribution in [2.75, 3.05) is 5.01 Å². The molecule has 0 aliphatic carbocycles. The minimum absolute atomic E-state index is 0.214. The van der Waals surface area contributed by atoms with E-state index in [-0.39, 0.29) is 16.7 Å². The van der Waals surface area contributed by atoms with E-state index in [1.54, 1.807) is 12.1 Å². The summed E-state index contributed by atoms with van der Waals surface area (Å²) in [6, 6.07) is 30.6. The number of Topliss-reactive ketones (excluding diaryl/α,β-unsaturated/α-hetero) is 1. The van der Waals surface area contributed by atoms with Crippen molar-refractivity contribution in [1.29, 1.82) is 0 Å². The predicted molar refractivity (Wildman–Crippen MR) is 136 cm³/mol. The van der Waals surface area contributed by atoms with Crippen LogP contribution in [0.3, 0.4) is 0 Å². The molecule has 4 aromatic rings. The van der Waals surface area contributed by atoms with Crippen molar-refractivity contribution in [1.82, 2.24) is 0 Å². The highest BCUT2D eigenvalue weighted by molar-refractivity contribution is 8.20. The Morgan fingerprint density at radius 1 is 0.848 bits per heavy atom. The van der Waals surface area contributed by atoms with Crippen molar-refractivity contribution < 1.29 is 9.59 Å². The lowest BCUT2D eigenvalue weighted by molar-refractivity contribution is -0.114. The zero-order chi connectivity index (χ0) is 22.8. The highest BCUT2D eigenvalue weighted by Gasteiger charge is 2.31. The van der Waals surface area contributed by atoms with E-state index < -0.39 is 0 Å². The SMILES string of the molecule is Cc1ccc(N2N=C(C(=O)c3ccc4ccccc4c3)SC(=Cc3ccccc3)C2=O)cc1. The van der Waals surface area contributed by atoms with Gasteiger partial charge in [0.25, 0.3) is 5.91 Å². The van der Waals surface area contributed by atoms with Gasteiger partial charge in [-0.05, 0) is 47.5 Å². The normalized spacial score (nSPS) is 15.1. The van der Waals surface area contributed by atoms with Gasteiger partial charge in [-0.25, -0.2) is 0 Å². The lowest BCUT2D eigenvalue weighted by atomic mass is 10.0. The first kappa shape index (κ1) is 20.9. The molecule has 0 atom stereocenters. The second kappa shape index (κ2) is 8.88. The molecule has 0 spiro atoms. The minimum atomic E-state index is -0.261. The number of carbonyl (C=O) groups is 2. The van der Waals surface area contributed by atoms with Crippen molar-refractivity contribution in [3.05, 3.63) is 119 Å². The van der Waals surface area contributed by atoms with E-state index in [4.69, 9.17) is 0 Å². The van der Waals surface area contributed by atoms with Crippen LogP contribution in [0, 0.1) is 6.92 Å². The number of benzene rings is 4. The molecule has 1 heterocycles. The molecule has 0 radical (unpaired) electrons. The first-order valence-electron chi connectivity index (χ1n) is 10.6. The third kappa shape index (κ3) is 4.36. The highest BCUT2D eigenvalue weighted by Crippen LogP contribution is 2.33. The molecule has 0 saturated carbocycles. The van der Waals surface area contributed by atoms with E-state index in [0.29, 0.717) is 16.2 Å². The monoisotopic (exact) mass is 448 g/mol. The lowest BCUT2D eigenvalue weighted by Crippen LogP contribution is -2.33. The highest BCUT2D eigenvalue weighted by atomic mass is 32.2. The van der Waals surface area contributed by atoms with Gasteiger partial charge in [0.15, 0.2) is 5.04 Å². The number of rotatable bonds is 4. The largest absolute Gasteiger partial charge is 0.286 e. The molecule has 0 unspecified atom stereocenters. The summed E-state index contributed by atoms with van der Waals surface area (Å²) in [4.78, 5) is 27.2. The number of aryl methyl sites for hydroxylation is 1. The van der Waals surface area contributed by atoms with Crippen molar-refractivity contribution >= 4 is 51.0 Å². The van der Waals surface area contributed by atoms with Crippen LogP contribution in [0.1, 0.15) is 21.5 Å². The molecule has 33 heavy (non-hydrogen) atoms. The Morgan fingerprint density at radius 2 is 1.55 bits per heavy atom. The van der Waals surface area contributed by atoms with Gasteiger partial charge in [0, 0.05) is 5.56 Å². The average Bonchev–Trinajstić information content (AvgIpc) is 2.86. The number of anilines is 1. The van der Waals surface area contributed by atoms with E-state index in [9.17, 15) is 9.59 Å². The molecule has 1 aliphatic rings. The summed E-state index contributed by atoms with van der Waals surface area (Å²) in [7, 11) is 0. The smallest absolute Gasteiger partial charge is 0.285 e. The molecule has 4 aromatic carbocycles. The first-order chi connectivity index (χ1) is 16.1. The summed E-state index contributed by atoms with van der Waals surface area (Å²) in [5.41, 5.74) is 3.12. The summed E-state index contributed by atoms with van der Waals surface area (Å²) in [6.45, 7) is 1.98. The number of thioether (sulfide) groups is 1. The maximum atomic E-state index is 13.5. The Morgan fingerprint density at radius 3 is 2.30 bits per heavy atom. The predicted octanol–water partition coefficient (Wildman–Crippen LogP) is 6.47. The van der Waals surface area contributed by atoms with Crippen LogP contribution >= 0.6 is 11.8 Å². The van der Waals surface area contributed by atoms with Crippen LogP contribution in [-0.4, -0.2) is 16.7 Å². The second-order valence-electron chi connectivity index (χ2n) is 7.77. The van der Waals surface area contributed by atoms with Crippen molar-refractivity contribution in [3.63, 3.8) is 0 Å². The van der Waals surface area contributed by atoms with Gasteiger partial charge in [-0.1, -0.05) is 96.2 Å². The van der Waals surface area contributed by atoms with E-state index in [1.807, 2.05) is 97.9 Å². The van der Waals surface area contributed by atoms with Crippen LogP contribution in [-0.2, 0) is 4.79 Å². The van der Waals surface area contributed by atoms with Crippen molar-refractivity contribution in [3.8, 4) is 0 Å². The lowest BCUT2D eigenvalue weighted by Gasteiger charge is -2.24. The number of hydrazone groups is 1. The van der Waals surface area contributed by atoms with Gasteiger partial charge in [0.2, 0.25) is 5.78 Å². The topological polar surface area (TPSA) is 49.7 Å². The summed E-state index contributed by atoms with van der Waals surface area (Å²) in [5.74, 6) is -0.475. The molecule has 0 saturated heterocycles. The summed E-state index contributed by atoms with van der Waals surface area (Å²) >= 11 is 1.11. The van der Waals surface area contributed by atoms with Crippen LogP contribution in [0.4, 0.5) is 5.69 Å². The Kier molecular flexibility index (Phi) is 5.63. The number of carbonyl (C=O) groups excluding carboxylic acids is 2. The number of ketones is 1. The Hall–Kier alpha value is -3.96. The van der Waals surface area contributed by atoms with Gasteiger partial charge in [-0.2, -0.15) is 10.1 Å². The fraction of sp³-hybridized carbons (Fsp3) is 0.0357. The van der Waals surface area contributed by atoms with E-state index in [2.05, 4.69) is 5.10 Å². The number of nitrogens with zero attached hydrogens (tertiary/aromatic N) is 2. The van der Waals surface area contributed by atoms with Gasteiger partial charge in [-0.15, -0.1) is 0 Å². The summed E-state index contributed by atoms with van der Waals surface area (Å²) in [6.07, 6.45) is 1.80. The molecule has 160 valence electrons. The molecule has 5 heteroatoms. The van der Waals surface area contributed by atoms with Crippen LogP contribution in [0.25, 0.3) is 16.8 Å². The molecule has 4 nitrogen and oxygen atoms in total. The van der Waals surface area contributed by atoms with Gasteiger partial charge >= 0.3 is 0 Å². The fourth-order valence-electron chi connectivity index (χ4n) is 3.61. The minimum Gasteiger partial charge on any atom is -0.286 e. The number of amides is 1. The Bertz CT molecular complexity index is 1420. The Balaban J connectivity index is 1.58. The maximum absolute atomic E-state index is 13.5. The van der Waals surface area contributed by atoms with Crippen molar-refractivity contribution in [2.24, 2.45) is 5.10 Å². The first-order valence-corrected chi connectivity index (χ1v) is 11.4. The molecule has 5 rings (SSSR count). The van der Waals surface area contributed by atoms with Gasteiger partial charge in [0.05, 0.1) is 10.6 Å². The molecular weight excluding hydrogens is 428 g/mol. The number of hydrogen-bond donors (Lipinski definition) is 0. The van der Waals surface area contributed by atoms with Gasteiger partial charge in [0.1, 0.15) is 0 Å². The summed E-state index contributed by atoms with van der Waals surface area (Å²) in [5, 5.41) is 8.11. The van der Waals surface area contributed by atoms with Crippen LogP contribution in [0.15, 0.2) is 107 Å². The quantitative estimate of drug-likeness (QED) is 0.266. The van der Waals surface area contributed by atoms with Crippen LogP contribution in [0.5, 0.6) is 0 Å². The fourth-order valence-corrected chi connectivity index (χ4v) is 4.52. The third-order valence-electron chi connectivity index (χ3n) is 5.38. The maximum Gasteiger partial charge on any atom is 0.285 e. The second-order valence-corrected chi connectivity index (χ2v) is 8.80. The summed E-state index contributed by atoms with van der Waals surface area (Å²) < 4.78 is 0. The molecule has 0 fully saturated rings. The van der Waals surface area contributed by atoms with E-state index >= 15 is 0 Å². The molecule has 0 aromatic heterocycles. The third-order valence-corrected chi connectivity index (χ3v) is 6.36. The zero-order valence-corrected chi connectivity index (χ0v) is 18.8. The Labute approximate surface area is 196 Å². The molecular formula is C28H20N2O2S. The van der Waals surface area contributed by atoms with E-state index in [1.165, 1.54) is 5.01 Å². The van der Waals surface area contributed by atoms with Gasteiger partial charge in [-0.3, -0.25) is 9.59 Å². The molecule has 0 bridgehead atoms. The molecule has 0 N–H and O–H groups in total. The zero-order valence-electron chi connectivity index (χ0n) is 17.9. The average molecular weight is 449 g/mol. The van der Waals surface area contributed by atoms with Crippen molar-refractivity contribution in [2.45, 2.75) is 6.92 Å². The standard InChI is InChI=1S/C28H20N2O2S/c1-19-11-15-24(16-12-19)30-28(32)25(17-20-7-3-2-4-8-20)33-27(29-30)26(31)23-14-13-21-9-5-6-10-22(21)18-23/h2-18H,1H3. The number of fused-ring (bicyclic) bond motifs is 1. The van der Waals surface area contributed by atoms with E-state index in [0.717, 1.165) is 33.7 Å². The molecule has 1 aliphatic heterocycles. The number of hydrogen-bond acceptors (Lipinski definition) is 4. The van der Waals surface area contributed by atoms with Gasteiger partial charge < -0.3 is 0 Å². The molecule has 1 amide bonds. The van der Waals surface area contributed by atoms with Crippen LogP contribution < -0.4 is 5.01 Å². The van der Waals surface area contributed by atoms with Crippen LogP contribution in [0.2, 0.25) is 0 Å².